The fourth-order valence-electron chi connectivity index (χ4n) is 4.25. The Kier molecular flexibility index (Phi) is 5.44. The van der Waals surface area contributed by atoms with E-state index in [1.54, 1.807) is 0 Å². The number of carbonyl (C=O) groups is 1. The van der Waals surface area contributed by atoms with Crippen LogP contribution < -0.4 is 5.32 Å². The third kappa shape index (κ3) is 3.92. The first-order valence-corrected chi connectivity index (χ1v) is 9.32. The van der Waals surface area contributed by atoms with Crippen LogP contribution in [0.25, 0.3) is 0 Å². The van der Waals surface area contributed by atoms with Crippen LogP contribution in [0, 0.1) is 11.8 Å². The number of carbonyl (C=O) groups excluding carboxylic acids is 1. The molecule has 3 rings (SSSR count). The maximum atomic E-state index is 12.7. The number of nitrogens with zero attached hydrogens (tertiary/aromatic N) is 1. The third-order valence-electron chi connectivity index (χ3n) is 5.74. The van der Waals surface area contributed by atoms with E-state index in [2.05, 4.69) is 43.4 Å². The molecule has 3 atom stereocenters. The fraction of sp³-hybridized carbons (Fsp3) is 0.650. The molecule has 2 N–H and O–H groups in total. The van der Waals surface area contributed by atoms with Gasteiger partial charge in [-0.05, 0) is 49.5 Å². The van der Waals surface area contributed by atoms with Crippen molar-refractivity contribution < 1.29 is 9.90 Å². The second kappa shape index (κ2) is 7.56. The average Bonchev–Trinajstić information content (AvgIpc) is 2.83. The summed E-state index contributed by atoms with van der Waals surface area (Å²) >= 11 is 0. The van der Waals surface area contributed by atoms with E-state index in [1.165, 1.54) is 5.56 Å². The van der Waals surface area contributed by atoms with Crippen molar-refractivity contribution in [3.8, 4) is 0 Å². The molecular formula is C20H30N2O2. The van der Waals surface area contributed by atoms with Gasteiger partial charge in [0.2, 0.25) is 0 Å². The number of hydrogen-bond donors (Lipinski definition) is 2. The Morgan fingerprint density at radius 3 is 2.42 bits per heavy atom. The monoisotopic (exact) mass is 330 g/mol. The zero-order valence-electron chi connectivity index (χ0n) is 14.8. The van der Waals surface area contributed by atoms with Crippen molar-refractivity contribution in [3.05, 3.63) is 35.9 Å². The highest BCUT2D eigenvalue weighted by Crippen LogP contribution is 2.35. The van der Waals surface area contributed by atoms with Gasteiger partial charge in [-0.15, -0.1) is 0 Å². The van der Waals surface area contributed by atoms with Gasteiger partial charge < -0.3 is 15.3 Å². The molecule has 2 saturated heterocycles. The van der Waals surface area contributed by atoms with Crippen molar-refractivity contribution >= 4 is 6.03 Å². The van der Waals surface area contributed by atoms with Crippen molar-refractivity contribution in [3.63, 3.8) is 0 Å². The minimum atomic E-state index is -0.229. The smallest absolute Gasteiger partial charge is 0.317 e. The summed E-state index contributed by atoms with van der Waals surface area (Å²) in [5.74, 6) is 0.954. The van der Waals surface area contributed by atoms with E-state index >= 15 is 0 Å². The third-order valence-corrected chi connectivity index (χ3v) is 5.74. The summed E-state index contributed by atoms with van der Waals surface area (Å²) in [6.07, 6.45) is 4.31. The molecule has 0 aliphatic carbocycles. The molecule has 2 fully saturated rings. The van der Waals surface area contributed by atoms with Crippen LogP contribution in [0.3, 0.4) is 0 Å². The zero-order valence-corrected chi connectivity index (χ0v) is 14.8. The van der Waals surface area contributed by atoms with E-state index in [-0.39, 0.29) is 24.2 Å². The molecule has 4 heteroatoms. The van der Waals surface area contributed by atoms with E-state index in [9.17, 15) is 9.90 Å². The quantitative estimate of drug-likeness (QED) is 0.871. The largest absolute Gasteiger partial charge is 0.393 e. The minimum Gasteiger partial charge on any atom is -0.393 e. The van der Waals surface area contributed by atoms with E-state index in [4.69, 9.17) is 0 Å². The second-order valence-electron chi connectivity index (χ2n) is 7.80. The van der Waals surface area contributed by atoms with Gasteiger partial charge in [0, 0.05) is 18.6 Å². The summed E-state index contributed by atoms with van der Waals surface area (Å²) < 4.78 is 0. The van der Waals surface area contributed by atoms with Gasteiger partial charge in [0.05, 0.1) is 6.10 Å². The van der Waals surface area contributed by atoms with Crippen LogP contribution in [-0.4, -0.2) is 40.8 Å². The standard InChI is InChI=1S/C20H30N2O2/c1-14(2)16(10-15-6-4-3-5-7-15)13-21-20(24)22-17-8-9-18(22)12-19(23)11-17/h3-7,14,16-19,23H,8-13H2,1-2H3,(H,21,24). The highest BCUT2D eigenvalue weighted by molar-refractivity contribution is 5.75. The lowest BCUT2D eigenvalue weighted by Crippen LogP contribution is -2.52. The SMILES string of the molecule is CC(C)C(CNC(=O)N1C2CCC1CC(O)C2)Cc1ccccc1. The molecule has 1 aromatic carbocycles. The number of fused-ring (bicyclic) bond motifs is 2. The number of benzene rings is 1. The molecule has 0 saturated carbocycles. The van der Waals surface area contributed by atoms with Crippen molar-refractivity contribution in [2.45, 2.75) is 64.1 Å². The molecular weight excluding hydrogens is 300 g/mol. The fourth-order valence-corrected chi connectivity index (χ4v) is 4.25. The average molecular weight is 330 g/mol. The second-order valence-corrected chi connectivity index (χ2v) is 7.80. The number of urea groups is 1. The van der Waals surface area contributed by atoms with Gasteiger partial charge in [-0.3, -0.25) is 0 Å². The normalized spacial score (nSPS) is 27.3. The molecule has 1 aromatic rings. The van der Waals surface area contributed by atoms with Crippen LogP contribution in [-0.2, 0) is 6.42 Å². The molecule has 24 heavy (non-hydrogen) atoms. The van der Waals surface area contributed by atoms with Crippen LogP contribution in [0.1, 0.15) is 45.1 Å². The first kappa shape index (κ1) is 17.3. The van der Waals surface area contributed by atoms with E-state index in [0.29, 0.717) is 18.4 Å². The summed E-state index contributed by atoms with van der Waals surface area (Å²) in [7, 11) is 0. The van der Waals surface area contributed by atoms with Crippen molar-refractivity contribution in [1.82, 2.24) is 10.2 Å². The first-order chi connectivity index (χ1) is 11.5. The van der Waals surface area contributed by atoms with E-state index < -0.39 is 0 Å². The Bertz CT molecular complexity index is 532. The van der Waals surface area contributed by atoms with Gasteiger partial charge in [0.25, 0.3) is 0 Å². The molecule has 3 unspecified atom stereocenters. The minimum absolute atomic E-state index is 0.0631. The van der Waals surface area contributed by atoms with Crippen molar-refractivity contribution in [1.29, 1.82) is 0 Å². The van der Waals surface area contributed by atoms with Gasteiger partial charge in [0.1, 0.15) is 0 Å². The Labute approximate surface area is 145 Å². The summed E-state index contributed by atoms with van der Waals surface area (Å²) in [5, 5.41) is 13.1. The lowest BCUT2D eigenvalue weighted by atomic mass is 9.89. The van der Waals surface area contributed by atoms with Gasteiger partial charge in [-0.25, -0.2) is 4.79 Å². The van der Waals surface area contributed by atoms with E-state index in [1.807, 2.05) is 11.0 Å². The summed E-state index contributed by atoms with van der Waals surface area (Å²) in [4.78, 5) is 14.7. The molecule has 2 heterocycles. The Morgan fingerprint density at radius 1 is 1.21 bits per heavy atom. The molecule has 2 bridgehead atoms. The van der Waals surface area contributed by atoms with Crippen LogP contribution in [0.4, 0.5) is 4.79 Å². The summed E-state index contributed by atoms with van der Waals surface area (Å²) in [6.45, 7) is 5.16. The highest BCUT2D eigenvalue weighted by Gasteiger charge is 2.42. The van der Waals surface area contributed by atoms with Crippen molar-refractivity contribution in [2.75, 3.05) is 6.54 Å². The van der Waals surface area contributed by atoms with Crippen LogP contribution in [0.5, 0.6) is 0 Å². The number of piperidine rings is 1. The maximum absolute atomic E-state index is 12.7. The lowest BCUT2D eigenvalue weighted by molar-refractivity contribution is 0.0538. The van der Waals surface area contributed by atoms with Crippen LogP contribution in [0.2, 0.25) is 0 Å². The molecule has 2 aliphatic rings. The molecule has 0 aromatic heterocycles. The van der Waals surface area contributed by atoms with Crippen LogP contribution in [0.15, 0.2) is 30.3 Å². The first-order valence-electron chi connectivity index (χ1n) is 9.32. The van der Waals surface area contributed by atoms with Gasteiger partial charge >= 0.3 is 6.03 Å². The van der Waals surface area contributed by atoms with Gasteiger partial charge in [-0.2, -0.15) is 0 Å². The number of rotatable bonds is 5. The molecule has 2 aliphatic heterocycles. The number of hydrogen-bond acceptors (Lipinski definition) is 2. The molecule has 0 spiro atoms. The Balaban J connectivity index is 1.56. The van der Waals surface area contributed by atoms with Gasteiger partial charge in [-0.1, -0.05) is 44.2 Å². The summed E-state index contributed by atoms with van der Waals surface area (Å²) in [5.41, 5.74) is 1.33. The molecule has 2 amide bonds. The number of aliphatic hydroxyl groups excluding tert-OH is 1. The topological polar surface area (TPSA) is 52.6 Å². The summed E-state index contributed by atoms with van der Waals surface area (Å²) in [6, 6.07) is 11.0. The predicted molar refractivity (Wildman–Crippen MR) is 95.8 cm³/mol. The molecule has 132 valence electrons. The predicted octanol–water partition coefficient (Wildman–Crippen LogP) is 3.20. The lowest BCUT2D eigenvalue weighted by Gasteiger charge is -2.37. The highest BCUT2D eigenvalue weighted by atomic mass is 16.3. The van der Waals surface area contributed by atoms with Crippen LogP contribution >= 0.6 is 0 Å². The Morgan fingerprint density at radius 2 is 1.83 bits per heavy atom. The maximum Gasteiger partial charge on any atom is 0.317 e. The molecule has 4 nitrogen and oxygen atoms in total. The molecule has 0 radical (unpaired) electrons. The number of amides is 2. The number of nitrogens with one attached hydrogen (secondary N) is 1. The van der Waals surface area contributed by atoms with Crippen molar-refractivity contribution in [2.24, 2.45) is 11.8 Å². The van der Waals surface area contributed by atoms with Gasteiger partial charge in [0.15, 0.2) is 0 Å². The van der Waals surface area contributed by atoms with E-state index in [0.717, 1.165) is 32.1 Å². The Hall–Kier alpha value is -1.55. The number of aliphatic hydroxyl groups is 1. The zero-order chi connectivity index (χ0) is 17.1.